The second kappa shape index (κ2) is 4.10. The highest BCUT2D eigenvalue weighted by Crippen LogP contribution is 2.56. The van der Waals surface area contributed by atoms with E-state index in [4.69, 9.17) is 0 Å². The van der Waals surface area contributed by atoms with Crippen LogP contribution in [0.2, 0.25) is 0 Å². The Kier molecular flexibility index (Phi) is 2.96. The molecule has 0 bridgehead atoms. The van der Waals surface area contributed by atoms with Gasteiger partial charge in [0.1, 0.15) is 5.54 Å². The first-order valence-corrected chi connectivity index (χ1v) is 7.41. The largest absolute Gasteiger partial charge is 0.406 e. The van der Waals surface area contributed by atoms with Crippen molar-refractivity contribution in [2.75, 3.05) is 13.1 Å². The van der Waals surface area contributed by atoms with E-state index in [0.29, 0.717) is 19.0 Å². The summed E-state index contributed by atoms with van der Waals surface area (Å²) in [7, 11) is 0. The van der Waals surface area contributed by atoms with Crippen molar-refractivity contribution in [3.63, 3.8) is 0 Å². The lowest BCUT2D eigenvalue weighted by Crippen LogP contribution is -2.68. The number of hydrogen-bond donors (Lipinski definition) is 1. The highest BCUT2D eigenvalue weighted by Gasteiger charge is 2.69. The SMILES string of the molecule is CCC1CNC(C)(C2CC2)CN1C1(C(F)(F)F)CC1. The predicted molar refractivity (Wildman–Crippen MR) is 67.9 cm³/mol. The minimum atomic E-state index is -4.08. The molecule has 3 rings (SSSR count). The first kappa shape index (κ1) is 13.7. The highest BCUT2D eigenvalue weighted by atomic mass is 19.4. The van der Waals surface area contributed by atoms with Crippen LogP contribution >= 0.6 is 0 Å². The standard InChI is InChI=1S/C14H23F3N2/c1-3-11-8-18-12(2,10-4-5-10)9-19(11)13(6-7-13)14(15,16)17/h10-11,18H,3-9H2,1-2H3. The maximum Gasteiger partial charge on any atom is 0.406 e. The van der Waals surface area contributed by atoms with Gasteiger partial charge in [0, 0.05) is 24.7 Å². The van der Waals surface area contributed by atoms with Crippen LogP contribution in [0.3, 0.4) is 0 Å². The molecular formula is C14H23F3N2. The Hall–Kier alpha value is -0.290. The van der Waals surface area contributed by atoms with E-state index in [1.807, 2.05) is 6.92 Å². The number of halogens is 3. The molecule has 0 radical (unpaired) electrons. The molecule has 2 nitrogen and oxygen atoms in total. The fourth-order valence-corrected chi connectivity index (χ4v) is 3.71. The molecule has 5 heteroatoms. The van der Waals surface area contributed by atoms with Crippen molar-refractivity contribution in [3.05, 3.63) is 0 Å². The highest BCUT2D eigenvalue weighted by molar-refractivity contribution is 5.15. The minimum Gasteiger partial charge on any atom is -0.308 e. The van der Waals surface area contributed by atoms with E-state index in [9.17, 15) is 13.2 Å². The lowest BCUT2D eigenvalue weighted by molar-refractivity contribution is -0.209. The first-order chi connectivity index (χ1) is 8.82. The summed E-state index contributed by atoms with van der Waals surface area (Å²) in [6.45, 7) is 5.35. The van der Waals surface area contributed by atoms with Crippen LogP contribution in [0.4, 0.5) is 13.2 Å². The monoisotopic (exact) mass is 276 g/mol. The smallest absolute Gasteiger partial charge is 0.308 e. The second-order valence-electron chi connectivity index (χ2n) is 6.79. The molecule has 1 N–H and O–H groups in total. The van der Waals surface area contributed by atoms with Gasteiger partial charge in [-0.3, -0.25) is 4.90 Å². The van der Waals surface area contributed by atoms with Crippen molar-refractivity contribution in [1.82, 2.24) is 10.2 Å². The zero-order chi connectivity index (χ0) is 13.9. The summed E-state index contributed by atoms with van der Waals surface area (Å²) >= 11 is 0. The Morgan fingerprint density at radius 2 is 1.89 bits per heavy atom. The molecule has 0 amide bonds. The van der Waals surface area contributed by atoms with Crippen LogP contribution in [0, 0.1) is 5.92 Å². The summed E-state index contributed by atoms with van der Waals surface area (Å²) in [5, 5.41) is 3.53. The van der Waals surface area contributed by atoms with Crippen molar-refractivity contribution >= 4 is 0 Å². The molecule has 110 valence electrons. The van der Waals surface area contributed by atoms with Crippen LogP contribution in [0.25, 0.3) is 0 Å². The van der Waals surface area contributed by atoms with Gasteiger partial charge in [0.25, 0.3) is 0 Å². The van der Waals surface area contributed by atoms with E-state index in [1.54, 1.807) is 4.90 Å². The molecule has 1 heterocycles. The van der Waals surface area contributed by atoms with Gasteiger partial charge >= 0.3 is 6.18 Å². The van der Waals surface area contributed by atoms with Crippen LogP contribution in [-0.2, 0) is 0 Å². The Balaban J connectivity index is 1.84. The zero-order valence-electron chi connectivity index (χ0n) is 11.7. The molecule has 19 heavy (non-hydrogen) atoms. The summed E-state index contributed by atoms with van der Waals surface area (Å²) in [5.74, 6) is 0.567. The number of piperazine rings is 1. The van der Waals surface area contributed by atoms with E-state index in [2.05, 4.69) is 12.2 Å². The average Bonchev–Trinajstić information content (AvgIpc) is 3.17. The summed E-state index contributed by atoms with van der Waals surface area (Å²) < 4.78 is 40.2. The number of hydrogen-bond acceptors (Lipinski definition) is 2. The van der Waals surface area contributed by atoms with Gasteiger partial charge < -0.3 is 5.32 Å². The van der Waals surface area contributed by atoms with E-state index in [1.165, 1.54) is 0 Å². The maximum absolute atomic E-state index is 13.4. The van der Waals surface area contributed by atoms with E-state index in [0.717, 1.165) is 19.3 Å². The Morgan fingerprint density at radius 1 is 1.26 bits per heavy atom. The van der Waals surface area contributed by atoms with Gasteiger partial charge in [-0.05, 0) is 44.9 Å². The quantitative estimate of drug-likeness (QED) is 0.852. The van der Waals surface area contributed by atoms with E-state index < -0.39 is 11.7 Å². The third kappa shape index (κ3) is 2.09. The molecule has 0 aromatic carbocycles. The molecule has 1 aliphatic heterocycles. The molecule has 2 atom stereocenters. The zero-order valence-corrected chi connectivity index (χ0v) is 11.7. The Labute approximate surface area is 112 Å². The van der Waals surface area contributed by atoms with Gasteiger partial charge in [0.05, 0.1) is 0 Å². The van der Waals surface area contributed by atoms with E-state index >= 15 is 0 Å². The molecule has 3 aliphatic rings. The van der Waals surface area contributed by atoms with E-state index in [-0.39, 0.29) is 24.4 Å². The summed E-state index contributed by atoms with van der Waals surface area (Å²) in [6, 6.07) is 0.0240. The molecule has 1 saturated heterocycles. The van der Waals surface area contributed by atoms with Gasteiger partial charge in [-0.25, -0.2) is 0 Å². The van der Waals surface area contributed by atoms with Crippen molar-refractivity contribution in [3.8, 4) is 0 Å². The van der Waals surface area contributed by atoms with Gasteiger partial charge in [-0.1, -0.05) is 6.92 Å². The fraction of sp³-hybridized carbons (Fsp3) is 1.00. The number of rotatable bonds is 3. The number of nitrogens with zero attached hydrogens (tertiary/aromatic N) is 1. The van der Waals surface area contributed by atoms with Crippen LogP contribution < -0.4 is 5.32 Å². The van der Waals surface area contributed by atoms with Gasteiger partial charge in [0.2, 0.25) is 0 Å². The topological polar surface area (TPSA) is 15.3 Å². The molecular weight excluding hydrogens is 253 g/mol. The lowest BCUT2D eigenvalue weighted by atomic mass is 9.88. The van der Waals surface area contributed by atoms with Crippen LogP contribution in [0.1, 0.15) is 46.0 Å². The van der Waals surface area contributed by atoms with Crippen LogP contribution in [-0.4, -0.2) is 41.3 Å². The minimum absolute atomic E-state index is 0.0240. The van der Waals surface area contributed by atoms with Gasteiger partial charge in [0.15, 0.2) is 0 Å². The Morgan fingerprint density at radius 3 is 2.32 bits per heavy atom. The van der Waals surface area contributed by atoms with Crippen LogP contribution in [0.15, 0.2) is 0 Å². The normalized spacial score (nSPS) is 39.3. The predicted octanol–water partition coefficient (Wildman–Crippen LogP) is 2.93. The molecule has 2 saturated carbocycles. The fourth-order valence-electron chi connectivity index (χ4n) is 3.71. The molecule has 2 unspecified atom stereocenters. The van der Waals surface area contributed by atoms with Gasteiger partial charge in [-0.15, -0.1) is 0 Å². The molecule has 0 aromatic heterocycles. The number of nitrogens with one attached hydrogen (secondary N) is 1. The second-order valence-corrected chi connectivity index (χ2v) is 6.79. The molecule has 0 aromatic rings. The van der Waals surface area contributed by atoms with Crippen molar-refractivity contribution in [1.29, 1.82) is 0 Å². The maximum atomic E-state index is 13.4. The Bertz CT molecular complexity index is 360. The van der Waals surface area contributed by atoms with Crippen molar-refractivity contribution in [2.45, 2.75) is 69.2 Å². The number of alkyl halides is 3. The first-order valence-electron chi connectivity index (χ1n) is 7.41. The summed E-state index contributed by atoms with van der Waals surface area (Å²) in [6.07, 6.45) is -0.407. The van der Waals surface area contributed by atoms with Crippen molar-refractivity contribution < 1.29 is 13.2 Å². The summed E-state index contributed by atoms with van der Waals surface area (Å²) in [4.78, 5) is 1.79. The molecule has 0 spiro atoms. The summed E-state index contributed by atoms with van der Waals surface area (Å²) in [5.41, 5.74) is -1.63. The molecule has 2 aliphatic carbocycles. The third-order valence-electron chi connectivity index (χ3n) is 5.43. The van der Waals surface area contributed by atoms with Crippen LogP contribution in [0.5, 0.6) is 0 Å². The molecule has 3 fully saturated rings. The lowest BCUT2D eigenvalue weighted by Gasteiger charge is -2.50. The third-order valence-corrected chi connectivity index (χ3v) is 5.43. The van der Waals surface area contributed by atoms with Gasteiger partial charge in [-0.2, -0.15) is 13.2 Å². The van der Waals surface area contributed by atoms with Crippen molar-refractivity contribution in [2.24, 2.45) is 5.92 Å². The average molecular weight is 276 g/mol.